The van der Waals surface area contributed by atoms with Crippen LogP contribution in [0.1, 0.15) is 11.3 Å². The van der Waals surface area contributed by atoms with Gasteiger partial charge in [0, 0.05) is 36.1 Å². The van der Waals surface area contributed by atoms with Crippen LogP contribution >= 0.6 is 23.1 Å². The van der Waals surface area contributed by atoms with E-state index in [2.05, 4.69) is 26.5 Å². The summed E-state index contributed by atoms with van der Waals surface area (Å²) in [4.78, 5) is 9.03. The quantitative estimate of drug-likeness (QED) is 0.691. The number of aryl methyl sites for hydroxylation is 2. The fourth-order valence-electron chi connectivity index (χ4n) is 1.73. The highest BCUT2D eigenvalue weighted by atomic mass is 32.2. The van der Waals surface area contributed by atoms with Gasteiger partial charge in [-0.25, -0.2) is 9.97 Å². The molecule has 4 nitrogen and oxygen atoms in total. The molecule has 20 heavy (non-hydrogen) atoms. The summed E-state index contributed by atoms with van der Waals surface area (Å²) in [7, 11) is 1.91. The Bertz CT molecular complexity index is 700. The van der Waals surface area contributed by atoms with E-state index in [0.717, 1.165) is 27.0 Å². The van der Waals surface area contributed by atoms with Gasteiger partial charge in [0.1, 0.15) is 5.01 Å². The van der Waals surface area contributed by atoms with Gasteiger partial charge in [-0.1, -0.05) is 6.07 Å². The Morgan fingerprint density at radius 3 is 2.90 bits per heavy atom. The molecule has 0 aliphatic carbocycles. The van der Waals surface area contributed by atoms with Crippen LogP contribution in [0, 0.1) is 6.92 Å². The molecule has 0 bridgehead atoms. The Labute approximate surface area is 125 Å². The molecule has 0 aliphatic heterocycles. The van der Waals surface area contributed by atoms with Gasteiger partial charge in [0.25, 0.3) is 0 Å². The maximum Gasteiger partial charge on any atom is 0.126 e. The Balaban J connectivity index is 1.67. The highest BCUT2D eigenvalue weighted by molar-refractivity contribution is 7.98. The number of hydrogen-bond acceptors (Lipinski definition) is 5. The number of thioether (sulfide) groups is 1. The first kappa shape index (κ1) is 13.3. The fraction of sp³-hybridized carbons (Fsp3) is 0.214. The van der Waals surface area contributed by atoms with E-state index in [-0.39, 0.29) is 0 Å². The molecular formula is C14H14N4S2. The first-order valence-electron chi connectivity index (χ1n) is 6.19. The molecule has 0 saturated carbocycles. The average Bonchev–Trinajstić information content (AvgIpc) is 3.07. The molecule has 0 aliphatic rings. The van der Waals surface area contributed by atoms with E-state index < -0.39 is 0 Å². The Morgan fingerprint density at radius 2 is 2.20 bits per heavy atom. The van der Waals surface area contributed by atoms with Crippen molar-refractivity contribution in [2.75, 3.05) is 0 Å². The van der Waals surface area contributed by atoms with Crippen molar-refractivity contribution in [3.8, 4) is 10.6 Å². The lowest BCUT2D eigenvalue weighted by Gasteiger charge is -1.98. The monoisotopic (exact) mass is 302 g/mol. The number of rotatable bonds is 4. The third kappa shape index (κ3) is 3.08. The van der Waals surface area contributed by atoms with Crippen molar-refractivity contribution in [3.63, 3.8) is 0 Å². The highest BCUT2D eigenvalue weighted by Gasteiger charge is 2.07. The highest BCUT2D eigenvalue weighted by Crippen LogP contribution is 2.26. The number of aromatic nitrogens is 4. The second-order valence-electron chi connectivity index (χ2n) is 4.51. The van der Waals surface area contributed by atoms with Gasteiger partial charge in [-0.2, -0.15) is 5.10 Å². The molecule has 0 amide bonds. The van der Waals surface area contributed by atoms with E-state index in [1.807, 2.05) is 38.6 Å². The molecule has 3 aromatic heterocycles. The SMILES string of the molecule is Cc1ccc(SCc2csc(-c3cnn(C)c3)n2)nc1. The maximum atomic E-state index is 4.64. The minimum absolute atomic E-state index is 0.840. The van der Waals surface area contributed by atoms with E-state index in [9.17, 15) is 0 Å². The van der Waals surface area contributed by atoms with Crippen LogP contribution in [-0.2, 0) is 12.8 Å². The molecular weight excluding hydrogens is 288 g/mol. The van der Waals surface area contributed by atoms with Crippen LogP contribution in [0.5, 0.6) is 0 Å². The van der Waals surface area contributed by atoms with Gasteiger partial charge in [0.2, 0.25) is 0 Å². The predicted molar refractivity (Wildman–Crippen MR) is 82.9 cm³/mol. The van der Waals surface area contributed by atoms with Crippen LogP contribution < -0.4 is 0 Å². The number of nitrogens with zero attached hydrogens (tertiary/aromatic N) is 4. The molecule has 3 rings (SSSR count). The van der Waals surface area contributed by atoms with E-state index in [1.165, 1.54) is 5.56 Å². The van der Waals surface area contributed by atoms with E-state index in [0.29, 0.717) is 0 Å². The van der Waals surface area contributed by atoms with Crippen LogP contribution in [0.3, 0.4) is 0 Å². The molecule has 0 radical (unpaired) electrons. The largest absolute Gasteiger partial charge is 0.275 e. The Morgan fingerprint density at radius 1 is 1.30 bits per heavy atom. The van der Waals surface area contributed by atoms with Crippen molar-refractivity contribution in [2.45, 2.75) is 17.7 Å². The van der Waals surface area contributed by atoms with Crippen molar-refractivity contribution >= 4 is 23.1 Å². The minimum atomic E-state index is 0.840. The summed E-state index contributed by atoms with van der Waals surface area (Å²) in [5.74, 6) is 0.840. The van der Waals surface area contributed by atoms with E-state index in [1.54, 1.807) is 27.8 Å². The third-order valence-corrected chi connectivity index (χ3v) is 4.67. The van der Waals surface area contributed by atoms with Crippen LogP contribution in [0.2, 0.25) is 0 Å². The first-order chi connectivity index (χ1) is 9.70. The van der Waals surface area contributed by atoms with Crippen molar-refractivity contribution < 1.29 is 0 Å². The topological polar surface area (TPSA) is 43.6 Å². The van der Waals surface area contributed by atoms with E-state index in [4.69, 9.17) is 0 Å². The molecule has 102 valence electrons. The molecule has 0 aromatic carbocycles. The van der Waals surface area contributed by atoms with Gasteiger partial charge < -0.3 is 0 Å². The molecule has 0 N–H and O–H groups in total. The summed E-state index contributed by atoms with van der Waals surface area (Å²) in [5, 5.41) is 8.33. The van der Waals surface area contributed by atoms with Gasteiger partial charge in [-0.3, -0.25) is 4.68 Å². The van der Waals surface area contributed by atoms with Gasteiger partial charge in [-0.05, 0) is 18.6 Å². The lowest BCUT2D eigenvalue weighted by atomic mass is 10.3. The van der Waals surface area contributed by atoms with Gasteiger partial charge in [0.05, 0.1) is 16.9 Å². The second-order valence-corrected chi connectivity index (χ2v) is 6.36. The van der Waals surface area contributed by atoms with Gasteiger partial charge in [0.15, 0.2) is 0 Å². The molecule has 0 unspecified atom stereocenters. The Hall–Kier alpha value is -1.66. The summed E-state index contributed by atoms with van der Waals surface area (Å²) >= 11 is 3.36. The summed E-state index contributed by atoms with van der Waals surface area (Å²) in [5.41, 5.74) is 3.34. The molecule has 0 spiro atoms. The van der Waals surface area contributed by atoms with Crippen molar-refractivity contribution in [1.29, 1.82) is 0 Å². The van der Waals surface area contributed by atoms with Crippen LogP contribution in [0.15, 0.2) is 41.1 Å². The fourth-order valence-corrected chi connectivity index (χ4v) is 3.36. The van der Waals surface area contributed by atoms with Crippen LogP contribution in [0.4, 0.5) is 0 Å². The van der Waals surface area contributed by atoms with Crippen LogP contribution in [-0.4, -0.2) is 19.7 Å². The van der Waals surface area contributed by atoms with Gasteiger partial charge in [-0.15, -0.1) is 23.1 Å². The zero-order valence-electron chi connectivity index (χ0n) is 11.3. The van der Waals surface area contributed by atoms with Crippen molar-refractivity contribution in [3.05, 3.63) is 47.4 Å². The first-order valence-corrected chi connectivity index (χ1v) is 8.06. The lowest BCUT2D eigenvalue weighted by molar-refractivity contribution is 0.768. The lowest BCUT2D eigenvalue weighted by Crippen LogP contribution is -1.85. The summed E-state index contributed by atoms with van der Waals surface area (Å²) in [6, 6.07) is 4.13. The smallest absolute Gasteiger partial charge is 0.126 e. The Kier molecular flexibility index (Phi) is 3.84. The third-order valence-electron chi connectivity index (χ3n) is 2.76. The summed E-state index contributed by atoms with van der Waals surface area (Å²) < 4.78 is 1.79. The number of pyridine rings is 1. The summed E-state index contributed by atoms with van der Waals surface area (Å²) in [6.07, 6.45) is 5.72. The zero-order valence-corrected chi connectivity index (χ0v) is 12.9. The molecule has 3 aromatic rings. The zero-order chi connectivity index (χ0) is 13.9. The predicted octanol–water partition coefficient (Wildman–Crippen LogP) is 3.54. The molecule has 0 fully saturated rings. The average molecular weight is 302 g/mol. The van der Waals surface area contributed by atoms with Gasteiger partial charge >= 0.3 is 0 Å². The molecule has 6 heteroatoms. The maximum absolute atomic E-state index is 4.64. The van der Waals surface area contributed by atoms with Crippen molar-refractivity contribution in [2.24, 2.45) is 7.05 Å². The van der Waals surface area contributed by atoms with Crippen molar-refractivity contribution in [1.82, 2.24) is 19.7 Å². The molecule has 0 saturated heterocycles. The number of hydrogen-bond donors (Lipinski definition) is 0. The second kappa shape index (κ2) is 5.76. The normalized spacial score (nSPS) is 10.9. The van der Waals surface area contributed by atoms with Crippen LogP contribution in [0.25, 0.3) is 10.6 Å². The standard InChI is InChI=1S/C14H14N4S2/c1-10-3-4-13(15-5-10)19-8-12-9-20-14(17-12)11-6-16-18(2)7-11/h3-7,9H,8H2,1-2H3. The molecule has 3 heterocycles. The minimum Gasteiger partial charge on any atom is -0.275 e. The van der Waals surface area contributed by atoms with E-state index >= 15 is 0 Å². The summed E-state index contributed by atoms with van der Waals surface area (Å²) in [6.45, 7) is 2.04. The number of thiazole rings is 1. The molecule has 0 atom stereocenters.